The highest BCUT2D eigenvalue weighted by Gasteiger charge is 2.32. The molecule has 5 heteroatoms. The first-order valence-electron chi connectivity index (χ1n) is 12.4. The third-order valence-electron chi connectivity index (χ3n) is 6.84. The predicted molar refractivity (Wildman–Crippen MR) is 136 cm³/mol. The van der Waals surface area contributed by atoms with Crippen LogP contribution in [0.2, 0.25) is 0 Å². The van der Waals surface area contributed by atoms with Gasteiger partial charge >= 0.3 is 0 Å². The number of hydrogen-bond donors (Lipinski definition) is 1. The molecule has 4 nitrogen and oxygen atoms in total. The van der Waals surface area contributed by atoms with Crippen molar-refractivity contribution in [3.63, 3.8) is 0 Å². The summed E-state index contributed by atoms with van der Waals surface area (Å²) in [6.45, 7) is 2.22. The smallest absolute Gasteiger partial charge is 0.243 e. The minimum atomic E-state index is -0.667. The number of hydrogen-bond acceptors (Lipinski definition) is 2. The number of benzene rings is 3. The maximum absolute atomic E-state index is 13.8. The van der Waals surface area contributed by atoms with Gasteiger partial charge in [0, 0.05) is 19.0 Å². The van der Waals surface area contributed by atoms with Gasteiger partial charge in [-0.1, -0.05) is 79.6 Å². The Labute approximate surface area is 207 Å². The van der Waals surface area contributed by atoms with E-state index in [2.05, 4.69) is 5.32 Å². The molecule has 4 rings (SSSR count). The van der Waals surface area contributed by atoms with Gasteiger partial charge < -0.3 is 10.2 Å². The van der Waals surface area contributed by atoms with Crippen molar-refractivity contribution in [1.29, 1.82) is 0 Å². The lowest BCUT2D eigenvalue weighted by molar-refractivity contribution is -0.141. The quantitative estimate of drug-likeness (QED) is 0.455. The Balaban J connectivity index is 1.66. The van der Waals surface area contributed by atoms with Crippen molar-refractivity contribution in [1.82, 2.24) is 10.2 Å². The zero-order valence-corrected chi connectivity index (χ0v) is 20.3. The molecule has 0 radical (unpaired) electrons. The molecule has 2 amide bonds. The summed E-state index contributed by atoms with van der Waals surface area (Å²) in [4.78, 5) is 29.1. The first-order chi connectivity index (χ1) is 17.0. The van der Waals surface area contributed by atoms with Gasteiger partial charge in [-0.25, -0.2) is 4.39 Å². The number of rotatable bonds is 9. The van der Waals surface area contributed by atoms with Crippen molar-refractivity contribution in [2.75, 3.05) is 0 Å². The fourth-order valence-electron chi connectivity index (χ4n) is 4.78. The highest BCUT2D eigenvalue weighted by atomic mass is 19.1. The molecule has 1 N–H and O–H groups in total. The van der Waals surface area contributed by atoms with E-state index in [9.17, 15) is 14.0 Å². The van der Waals surface area contributed by atoms with Gasteiger partial charge in [-0.3, -0.25) is 9.59 Å². The molecule has 1 aliphatic carbocycles. The maximum Gasteiger partial charge on any atom is 0.243 e. The summed E-state index contributed by atoms with van der Waals surface area (Å²) in [5.74, 6) is -0.571. The number of carbonyl (C=O) groups is 2. The minimum absolute atomic E-state index is 0.119. The SMILES string of the molecule is Cc1ccccc1CC(=O)N(Cc1ccc(F)cc1)C(Cc1ccccc1)C(=O)NC1CCCC1. The van der Waals surface area contributed by atoms with Gasteiger partial charge in [-0.05, 0) is 54.2 Å². The van der Waals surface area contributed by atoms with Crippen molar-refractivity contribution < 1.29 is 14.0 Å². The molecule has 3 aromatic carbocycles. The maximum atomic E-state index is 13.8. The number of halogens is 1. The van der Waals surface area contributed by atoms with E-state index in [1.807, 2.05) is 61.5 Å². The second-order valence-corrected chi connectivity index (χ2v) is 9.45. The van der Waals surface area contributed by atoms with Crippen molar-refractivity contribution >= 4 is 11.8 Å². The molecular weight excluding hydrogens is 439 g/mol. The van der Waals surface area contributed by atoms with E-state index in [0.29, 0.717) is 6.42 Å². The molecule has 3 aromatic rings. The lowest BCUT2D eigenvalue weighted by Gasteiger charge is -2.32. The first-order valence-corrected chi connectivity index (χ1v) is 12.4. The Morgan fingerprint density at radius 3 is 2.26 bits per heavy atom. The van der Waals surface area contributed by atoms with Crippen LogP contribution in [0.4, 0.5) is 4.39 Å². The minimum Gasteiger partial charge on any atom is -0.352 e. The van der Waals surface area contributed by atoms with Crippen LogP contribution in [0.25, 0.3) is 0 Å². The summed E-state index contributed by atoms with van der Waals surface area (Å²) in [5.41, 5.74) is 3.76. The summed E-state index contributed by atoms with van der Waals surface area (Å²) in [6, 6.07) is 23.2. The predicted octanol–water partition coefficient (Wildman–Crippen LogP) is 5.38. The van der Waals surface area contributed by atoms with E-state index in [0.717, 1.165) is 47.9 Å². The van der Waals surface area contributed by atoms with Gasteiger partial charge in [0.05, 0.1) is 6.42 Å². The Morgan fingerprint density at radius 2 is 1.57 bits per heavy atom. The highest BCUT2D eigenvalue weighted by Crippen LogP contribution is 2.21. The molecule has 1 atom stereocenters. The van der Waals surface area contributed by atoms with Crippen molar-refractivity contribution in [3.05, 3.63) is 107 Å². The van der Waals surface area contributed by atoms with Crippen molar-refractivity contribution in [2.24, 2.45) is 0 Å². The van der Waals surface area contributed by atoms with Crippen molar-refractivity contribution in [2.45, 2.75) is 64.1 Å². The Hall–Kier alpha value is -3.47. The van der Waals surface area contributed by atoms with Gasteiger partial charge in [0.25, 0.3) is 0 Å². The Kier molecular flexibility index (Phi) is 8.30. The fourth-order valence-corrected chi connectivity index (χ4v) is 4.78. The standard InChI is InChI=1S/C30H33FN2O2/c1-22-9-5-6-12-25(22)20-29(34)33(21-24-15-17-26(31)18-16-24)28(19-23-10-3-2-4-11-23)30(35)32-27-13-7-8-14-27/h2-6,9-12,15-18,27-28H,7-8,13-14,19-21H2,1H3,(H,32,35). The average Bonchev–Trinajstić information content (AvgIpc) is 3.37. The largest absolute Gasteiger partial charge is 0.352 e. The average molecular weight is 473 g/mol. The first kappa shape index (κ1) is 24.6. The van der Waals surface area contributed by atoms with Crippen LogP contribution in [-0.2, 0) is 29.0 Å². The molecule has 1 aliphatic rings. The molecule has 0 aliphatic heterocycles. The summed E-state index contributed by atoms with van der Waals surface area (Å²) in [6.07, 6.45) is 4.79. The summed E-state index contributed by atoms with van der Waals surface area (Å²) in [7, 11) is 0. The molecule has 1 fully saturated rings. The summed E-state index contributed by atoms with van der Waals surface area (Å²) >= 11 is 0. The molecule has 182 valence electrons. The van der Waals surface area contributed by atoms with E-state index in [4.69, 9.17) is 0 Å². The van der Waals surface area contributed by atoms with Gasteiger partial charge in [0.1, 0.15) is 11.9 Å². The van der Waals surface area contributed by atoms with Gasteiger partial charge in [-0.15, -0.1) is 0 Å². The van der Waals surface area contributed by atoms with Crippen molar-refractivity contribution in [3.8, 4) is 0 Å². The molecule has 0 heterocycles. The van der Waals surface area contributed by atoms with E-state index in [-0.39, 0.29) is 36.6 Å². The number of aryl methyl sites for hydroxylation is 1. The monoisotopic (exact) mass is 472 g/mol. The fraction of sp³-hybridized carbons (Fsp3) is 0.333. The van der Waals surface area contributed by atoms with E-state index in [1.54, 1.807) is 17.0 Å². The van der Waals surface area contributed by atoms with Crippen LogP contribution in [0.15, 0.2) is 78.9 Å². The molecule has 1 saturated carbocycles. The van der Waals surface area contributed by atoms with E-state index in [1.165, 1.54) is 12.1 Å². The Bertz CT molecular complexity index is 1120. The lowest BCUT2D eigenvalue weighted by Crippen LogP contribution is -2.52. The second-order valence-electron chi connectivity index (χ2n) is 9.45. The van der Waals surface area contributed by atoms with Crippen LogP contribution in [0.1, 0.15) is 47.9 Å². The highest BCUT2D eigenvalue weighted by molar-refractivity contribution is 5.89. The van der Waals surface area contributed by atoms with Crippen LogP contribution in [0, 0.1) is 12.7 Å². The third kappa shape index (κ3) is 6.78. The zero-order valence-electron chi connectivity index (χ0n) is 20.3. The van der Waals surface area contributed by atoms with Gasteiger partial charge in [0.2, 0.25) is 11.8 Å². The lowest BCUT2D eigenvalue weighted by atomic mass is 10.00. The second kappa shape index (κ2) is 11.8. The summed E-state index contributed by atoms with van der Waals surface area (Å²) in [5, 5.41) is 3.21. The number of nitrogens with one attached hydrogen (secondary N) is 1. The van der Waals surface area contributed by atoms with Gasteiger partial charge in [0.15, 0.2) is 0 Å². The van der Waals surface area contributed by atoms with Crippen LogP contribution >= 0.6 is 0 Å². The summed E-state index contributed by atoms with van der Waals surface area (Å²) < 4.78 is 13.6. The Morgan fingerprint density at radius 1 is 0.914 bits per heavy atom. The zero-order chi connectivity index (χ0) is 24.6. The van der Waals surface area contributed by atoms with Crippen LogP contribution < -0.4 is 5.32 Å². The topological polar surface area (TPSA) is 49.4 Å². The normalized spacial score (nSPS) is 14.5. The molecule has 1 unspecified atom stereocenters. The van der Waals surface area contributed by atoms with Crippen LogP contribution in [0.5, 0.6) is 0 Å². The van der Waals surface area contributed by atoms with Crippen LogP contribution in [0.3, 0.4) is 0 Å². The number of carbonyl (C=O) groups excluding carboxylic acids is 2. The number of nitrogens with zero attached hydrogens (tertiary/aromatic N) is 1. The molecule has 0 bridgehead atoms. The molecule has 35 heavy (non-hydrogen) atoms. The molecule has 0 saturated heterocycles. The molecule has 0 aromatic heterocycles. The van der Waals surface area contributed by atoms with Crippen LogP contribution in [-0.4, -0.2) is 28.8 Å². The van der Waals surface area contributed by atoms with Gasteiger partial charge in [-0.2, -0.15) is 0 Å². The molecule has 0 spiro atoms. The van der Waals surface area contributed by atoms with E-state index >= 15 is 0 Å². The van der Waals surface area contributed by atoms with E-state index < -0.39 is 6.04 Å². The molecular formula is C30H33FN2O2. The third-order valence-corrected chi connectivity index (χ3v) is 6.84. The number of amides is 2.